The molecule has 1 aliphatic rings. The van der Waals surface area contributed by atoms with Gasteiger partial charge in [-0.1, -0.05) is 12.1 Å². The molecule has 1 aliphatic carbocycles. The second kappa shape index (κ2) is 4.68. The summed E-state index contributed by atoms with van der Waals surface area (Å²) in [7, 11) is -4.21. The normalized spacial score (nSPS) is 16.8. The summed E-state index contributed by atoms with van der Waals surface area (Å²) in [5, 5.41) is 0. The molecule has 0 aromatic heterocycles. The highest BCUT2D eigenvalue weighted by molar-refractivity contribution is 7.89. The molecule has 1 aromatic rings. The predicted octanol–water partition coefficient (Wildman–Crippen LogP) is 1.98. The molecule has 0 unspecified atom stereocenters. The minimum absolute atomic E-state index is 0.0460. The van der Waals surface area contributed by atoms with Gasteiger partial charge in [-0.25, -0.2) is 8.42 Å². The van der Waals surface area contributed by atoms with Crippen molar-refractivity contribution in [3.05, 3.63) is 24.3 Å². The minimum atomic E-state index is -4.57. The number of rotatable bonds is 4. The van der Waals surface area contributed by atoms with Crippen LogP contribution in [-0.4, -0.2) is 31.5 Å². The standard InChI is InChI=1S/C11H13F3N2O2S/c12-11(13,14)7-16(8-5-6-8)19(17,18)10-4-2-1-3-9(10)15/h1-4,8H,5-7,15H2. The van der Waals surface area contributed by atoms with Crippen LogP contribution in [0.5, 0.6) is 0 Å². The number of hydrogen-bond acceptors (Lipinski definition) is 3. The van der Waals surface area contributed by atoms with Crippen molar-refractivity contribution >= 4 is 15.7 Å². The lowest BCUT2D eigenvalue weighted by atomic mass is 10.3. The first kappa shape index (κ1) is 14.1. The number of nitrogens with two attached hydrogens (primary N) is 1. The number of sulfonamides is 1. The maximum absolute atomic E-state index is 12.5. The molecule has 0 saturated heterocycles. The van der Waals surface area contributed by atoms with Crippen LogP contribution in [0.4, 0.5) is 18.9 Å². The Bertz CT molecular complexity index is 568. The molecule has 0 heterocycles. The van der Waals surface area contributed by atoms with Gasteiger partial charge in [0.2, 0.25) is 10.0 Å². The summed E-state index contributed by atoms with van der Waals surface area (Å²) in [4.78, 5) is -0.272. The minimum Gasteiger partial charge on any atom is -0.398 e. The van der Waals surface area contributed by atoms with Crippen molar-refractivity contribution in [2.24, 2.45) is 0 Å². The average molecular weight is 294 g/mol. The maximum Gasteiger partial charge on any atom is 0.402 e. The maximum atomic E-state index is 12.5. The molecular weight excluding hydrogens is 281 g/mol. The topological polar surface area (TPSA) is 63.4 Å². The zero-order valence-corrected chi connectivity index (χ0v) is 10.7. The Morgan fingerprint density at radius 1 is 1.26 bits per heavy atom. The van der Waals surface area contributed by atoms with Crippen LogP contribution >= 0.6 is 0 Å². The summed E-state index contributed by atoms with van der Waals surface area (Å²) in [5.74, 6) is 0. The third-order valence-corrected chi connectivity index (χ3v) is 4.77. The van der Waals surface area contributed by atoms with E-state index in [0.29, 0.717) is 17.1 Å². The molecule has 106 valence electrons. The summed E-state index contributed by atoms with van der Waals surface area (Å²) in [6, 6.07) is 4.95. The zero-order chi connectivity index (χ0) is 14.3. The van der Waals surface area contributed by atoms with E-state index in [1.54, 1.807) is 0 Å². The van der Waals surface area contributed by atoms with E-state index in [4.69, 9.17) is 5.73 Å². The Balaban J connectivity index is 2.38. The Hall–Kier alpha value is -1.28. The van der Waals surface area contributed by atoms with Crippen LogP contribution in [0, 0.1) is 0 Å². The fourth-order valence-electron chi connectivity index (χ4n) is 1.79. The smallest absolute Gasteiger partial charge is 0.398 e. The van der Waals surface area contributed by atoms with E-state index < -0.39 is 28.8 Å². The lowest BCUT2D eigenvalue weighted by Crippen LogP contribution is -2.40. The van der Waals surface area contributed by atoms with Gasteiger partial charge >= 0.3 is 6.18 Å². The average Bonchev–Trinajstić information content (AvgIpc) is 3.08. The third-order valence-electron chi connectivity index (χ3n) is 2.79. The fraction of sp³-hybridized carbons (Fsp3) is 0.455. The van der Waals surface area contributed by atoms with Crippen molar-refractivity contribution in [2.75, 3.05) is 12.3 Å². The predicted molar refractivity (Wildman–Crippen MR) is 63.8 cm³/mol. The number of hydrogen-bond donors (Lipinski definition) is 1. The quantitative estimate of drug-likeness (QED) is 0.864. The first-order valence-electron chi connectivity index (χ1n) is 5.65. The molecule has 0 atom stereocenters. The number of nitrogen functional groups attached to an aromatic ring is 1. The Labute approximate surface area is 109 Å². The molecule has 0 bridgehead atoms. The van der Waals surface area contributed by atoms with E-state index in [1.165, 1.54) is 24.3 Å². The fourth-order valence-corrected chi connectivity index (χ4v) is 3.58. The molecule has 0 aliphatic heterocycles. The van der Waals surface area contributed by atoms with E-state index in [-0.39, 0.29) is 10.6 Å². The monoisotopic (exact) mass is 294 g/mol. The highest BCUT2D eigenvalue weighted by Crippen LogP contribution is 2.35. The second-order valence-corrected chi connectivity index (χ2v) is 6.29. The van der Waals surface area contributed by atoms with Crippen molar-refractivity contribution in [3.63, 3.8) is 0 Å². The van der Waals surface area contributed by atoms with Gasteiger partial charge in [-0.15, -0.1) is 0 Å². The van der Waals surface area contributed by atoms with Gasteiger partial charge in [0.05, 0.1) is 5.69 Å². The molecule has 19 heavy (non-hydrogen) atoms. The lowest BCUT2D eigenvalue weighted by Gasteiger charge is -2.23. The summed E-state index contributed by atoms with van der Waals surface area (Å²) in [6.07, 6.45) is -3.68. The summed E-state index contributed by atoms with van der Waals surface area (Å²) < 4.78 is 62.5. The van der Waals surface area contributed by atoms with Crippen molar-refractivity contribution in [3.8, 4) is 0 Å². The molecule has 0 radical (unpaired) electrons. The van der Waals surface area contributed by atoms with E-state index in [0.717, 1.165) is 0 Å². The number of nitrogens with zero attached hydrogens (tertiary/aromatic N) is 1. The first-order valence-corrected chi connectivity index (χ1v) is 7.09. The van der Waals surface area contributed by atoms with E-state index in [9.17, 15) is 21.6 Å². The van der Waals surface area contributed by atoms with Gasteiger partial charge in [0.1, 0.15) is 11.4 Å². The van der Waals surface area contributed by atoms with E-state index in [1.807, 2.05) is 0 Å². The molecule has 1 fully saturated rings. The van der Waals surface area contributed by atoms with Gasteiger partial charge < -0.3 is 5.73 Å². The van der Waals surface area contributed by atoms with Crippen LogP contribution in [0.1, 0.15) is 12.8 Å². The Morgan fingerprint density at radius 3 is 2.32 bits per heavy atom. The summed E-state index contributed by atoms with van der Waals surface area (Å²) >= 11 is 0. The van der Waals surface area contributed by atoms with Gasteiger partial charge in [-0.2, -0.15) is 17.5 Å². The van der Waals surface area contributed by atoms with Crippen LogP contribution < -0.4 is 5.73 Å². The molecule has 0 amide bonds. The summed E-state index contributed by atoms with van der Waals surface area (Å²) in [5.41, 5.74) is 5.50. The molecule has 1 saturated carbocycles. The van der Waals surface area contributed by atoms with E-state index in [2.05, 4.69) is 0 Å². The van der Waals surface area contributed by atoms with Crippen LogP contribution in [0.3, 0.4) is 0 Å². The number of halogens is 3. The Morgan fingerprint density at radius 2 is 1.84 bits per heavy atom. The molecular formula is C11H13F3N2O2S. The van der Waals surface area contributed by atoms with Crippen LogP contribution in [-0.2, 0) is 10.0 Å². The van der Waals surface area contributed by atoms with Gasteiger partial charge in [0.15, 0.2) is 0 Å². The van der Waals surface area contributed by atoms with Gasteiger partial charge in [-0.05, 0) is 25.0 Å². The van der Waals surface area contributed by atoms with Crippen molar-refractivity contribution < 1.29 is 21.6 Å². The van der Waals surface area contributed by atoms with Crippen LogP contribution in [0.2, 0.25) is 0 Å². The SMILES string of the molecule is Nc1ccccc1S(=O)(=O)N(CC(F)(F)F)C1CC1. The number of para-hydroxylation sites is 1. The van der Waals surface area contributed by atoms with E-state index >= 15 is 0 Å². The van der Waals surface area contributed by atoms with Gasteiger partial charge in [-0.3, -0.25) is 0 Å². The summed E-state index contributed by atoms with van der Waals surface area (Å²) in [6.45, 7) is -1.48. The largest absolute Gasteiger partial charge is 0.402 e. The highest BCUT2D eigenvalue weighted by Gasteiger charge is 2.45. The van der Waals surface area contributed by atoms with Crippen LogP contribution in [0.15, 0.2) is 29.2 Å². The Kier molecular flexibility index (Phi) is 3.48. The van der Waals surface area contributed by atoms with Gasteiger partial charge in [0.25, 0.3) is 0 Å². The zero-order valence-electron chi connectivity index (χ0n) is 9.89. The second-order valence-electron chi connectivity index (χ2n) is 4.43. The van der Waals surface area contributed by atoms with Crippen molar-refractivity contribution in [1.82, 2.24) is 4.31 Å². The molecule has 4 nitrogen and oxygen atoms in total. The lowest BCUT2D eigenvalue weighted by molar-refractivity contribution is -0.137. The van der Waals surface area contributed by atoms with Crippen molar-refractivity contribution in [2.45, 2.75) is 30.0 Å². The third kappa shape index (κ3) is 3.19. The molecule has 8 heteroatoms. The highest BCUT2D eigenvalue weighted by atomic mass is 32.2. The molecule has 2 rings (SSSR count). The van der Waals surface area contributed by atoms with Crippen LogP contribution in [0.25, 0.3) is 0 Å². The molecule has 0 spiro atoms. The van der Waals surface area contributed by atoms with Crippen molar-refractivity contribution in [1.29, 1.82) is 0 Å². The molecule has 1 aromatic carbocycles. The molecule has 2 N–H and O–H groups in total. The van der Waals surface area contributed by atoms with Gasteiger partial charge in [0, 0.05) is 6.04 Å². The number of alkyl halides is 3. The number of anilines is 1. The first-order chi connectivity index (χ1) is 8.72. The number of benzene rings is 1.